The summed E-state index contributed by atoms with van der Waals surface area (Å²) in [5, 5.41) is 13.2. The van der Waals surface area contributed by atoms with Crippen LogP contribution in [0.5, 0.6) is 0 Å². The van der Waals surface area contributed by atoms with Crippen LogP contribution in [0.4, 0.5) is 0 Å². The van der Waals surface area contributed by atoms with E-state index in [4.69, 9.17) is 4.74 Å². The van der Waals surface area contributed by atoms with Crippen molar-refractivity contribution in [3.05, 3.63) is 35.9 Å². The second-order valence-electron chi connectivity index (χ2n) is 8.98. The smallest absolute Gasteiger partial charge is 0.230 e. The molecule has 158 valence electrons. The molecule has 0 unspecified atom stereocenters. The SMILES string of the molecule is O=C(C1CCCCC1)N1CC(Cc2ccccc2)(C(=O)N[C@@H]2COCC[C@H]2O)C1. The zero-order valence-corrected chi connectivity index (χ0v) is 17.0. The number of carbonyl (C=O) groups is 2. The molecule has 2 aliphatic heterocycles. The first kappa shape index (κ1) is 20.4. The fraction of sp³-hybridized carbons (Fsp3) is 0.652. The first-order valence-corrected chi connectivity index (χ1v) is 11.0. The molecule has 1 aromatic carbocycles. The van der Waals surface area contributed by atoms with Crippen LogP contribution in [0.1, 0.15) is 44.1 Å². The number of nitrogens with one attached hydrogen (secondary N) is 1. The Bertz CT molecular complexity index is 711. The molecule has 3 aliphatic rings. The fourth-order valence-electron chi connectivity index (χ4n) is 4.96. The summed E-state index contributed by atoms with van der Waals surface area (Å²) in [6.45, 7) is 1.75. The van der Waals surface area contributed by atoms with Gasteiger partial charge in [0.05, 0.1) is 24.2 Å². The Morgan fingerprint density at radius 3 is 2.52 bits per heavy atom. The van der Waals surface area contributed by atoms with Crippen LogP contribution >= 0.6 is 0 Å². The molecule has 0 radical (unpaired) electrons. The van der Waals surface area contributed by atoms with E-state index in [1.54, 1.807) is 0 Å². The highest BCUT2D eigenvalue weighted by molar-refractivity contribution is 5.89. The molecule has 1 aliphatic carbocycles. The first-order valence-electron chi connectivity index (χ1n) is 11.0. The van der Waals surface area contributed by atoms with Crippen molar-refractivity contribution in [2.75, 3.05) is 26.3 Å². The van der Waals surface area contributed by atoms with Gasteiger partial charge in [0.25, 0.3) is 0 Å². The first-order chi connectivity index (χ1) is 14.1. The zero-order valence-electron chi connectivity index (χ0n) is 17.0. The number of likely N-dealkylation sites (tertiary alicyclic amines) is 1. The van der Waals surface area contributed by atoms with Crippen LogP contribution in [0.25, 0.3) is 0 Å². The second kappa shape index (κ2) is 8.84. The van der Waals surface area contributed by atoms with Crippen molar-refractivity contribution < 1.29 is 19.4 Å². The van der Waals surface area contributed by atoms with Crippen molar-refractivity contribution in [2.45, 2.75) is 57.1 Å². The molecule has 3 fully saturated rings. The molecule has 6 heteroatoms. The minimum absolute atomic E-state index is 0.0800. The molecule has 2 N–H and O–H groups in total. The minimum atomic E-state index is -0.636. The van der Waals surface area contributed by atoms with Gasteiger partial charge < -0.3 is 20.1 Å². The highest BCUT2D eigenvalue weighted by atomic mass is 16.5. The van der Waals surface area contributed by atoms with E-state index in [9.17, 15) is 14.7 Å². The standard InChI is InChI=1S/C23H32N2O4/c26-20-11-12-29-14-19(20)24-22(28)23(13-17-7-3-1-4-8-17)15-25(16-23)21(27)18-9-5-2-6-10-18/h1,3-4,7-8,18-20,26H,2,5-6,9-16H2,(H,24,28)/t19-,20-/m1/s1. The number of nitrogens with zero attached hydrogens (tertiary/aromatic N) is 1. The molecule has 0 spiro atoms. The molecule has 1 saturated carbocycles. The van der Waals surface area contributed by atoms with Gasteiger partial charge in [-0.1, -0.05) is 49.6 Å². The highest BCUT2D eigenvalue weighted by Gasteiger charge is 2.52. The van der Waals surface area contributed by atoms with Gasteiger partial charge in [0.1, 0.15) is 0 Å². The molecular weight excluding hydrogens is 368 g/mol. The molecule has 2 atom stereocenters. The number of ether oxygens (including phenoxy) is 1. The maximum Gasteiger partial charge on any atom is 0.230 e. The number of carbonyl (C=O) groups excluding carboxylic acids is 2. The van der Waals surface area contributed by atoms with Crippen LogP contribution in [-0.4, -0.2) is 60.3 Å². The van der Waals surface area contributed by atoms with Crippen molar-refractivity contribution in [3.8, 4) is 0 Å². The zero-order chi connectivity index (χ0) is 20.3. The topological polar surface area (TPSA) is 78.9 Å². The van der Waals surface area contributed by atoms with Crippen molar-refractivity contribution >= 4 is 11.8 Å². The lowest BCUT2D eigenvalue weighted by molar-refractivity contribution is -0.158. The van der Waals surface area contributed by atoms with Crippen LogP contribution < -0.4 is 5.32 Å². The summed E-state index contributed by atoms with van der Waals surface area (Å²) in [6.07, 6.45) is 5.95. The van der Waals surface area contributed by atoms with E-state index in [0.29, 0.717) is 39.1 Å². The Labute approximate surface area is 172 Å². The Kier molecular flexibility index (Phi) is 6.20. The maximum atomic E-state index is 13.3. The summed E-state index contributed by atoms with van der Waals surface area (Å²) in [4.78, 5) is 28.1. The maximum absolute atomic E-state index is 13.3. The van der Waals surface area contributed by atoms with Crippen molar-refractivity contribution in [1.82, 2.24) is 10.2 Å². The van der Waals surface area contributed by atoms with Gasteiger partial charge in [-0.25, -0.2) is 0 Å². The van der Waals surface area contributed by atoms with Gasteiger partial charge in [-0.2, -0.15) is 0 Å². The predicted octanol–water partition coefficient (Wildman–Crippen LogP) is 1.90. The number of aliphatic hydroxyl groups is 1. The van der Waals surface area contributed by atoms with E-state index in [0.717, 1.165) is 31.2 Å². The molecule has 4 rings (SSSR count). The van der Waals surface area contributed by atoms with Gasteiger partial charge in [-0.05, 0) is 31.2 Å². The average Bonchev–Trinajstić information content (AvgIpc) is 2.73. The summed E-state index contributed by atoms with van der Waals surface area (Å²) < 4.78 is 5.44. The third-order valence-corrected chi connectivity index (χ3v) is 6.76. The summed E-state index contributed by atoms with van der Waals surface area (Å²) in [6, 6.07) is 9.59. The second-order valence-corrected chi connectivity index (χ2v) is 8.98. The summed E-state index contributed by atoms with van der Waals surface area (Å²) in [7, 11) is 0. The van der Waals surface area contributed by atoms with Crippen molar-refractivity contribution in [1.29, 1.82) is 0 Å². The molecule has 2 saturated heterocycles. The summed E-state index contributed by atoms with van der Waals surface area (Å²) in [5.41, 5.74) is 0.455. The molecule has 2 amide bonds. The molecule has 29 heavy (non-hydrogen) atoms. The molecule has 2 heterocycles. The Morgan fingerprint density at radius 1 is 1.10 bits per heavy atom. The lowest BCUT2D eigenvalue weighted by atomic mass is 9.72. The largest absolute Gasteiger partial charge is 0.391 e. The number of rotatable bonds is 5. The van der Waals surface area contributed by atoms with E-state index < -0.39 is 11.5 Å². The van der Waals surface area contributed by atoms with E-state index >= 15 is 0 Å². The number of aliphatic hydroxyl groups excluding tert-OH is 1. The van der Waals surface area contributed by atoms with E-state index in [1.165, 1.54) is 6.42 Å². The van der Waals surface area contributed by atoms with E-state index in [-0.39, 0.29) is 23.8 Å². The van der Waals surface area contributed by atoms with Crippen LogP contribution in [0, 0.1) is 11.3 Å². The number of amides is 2. The van der Waals surface area contributed by atoms with Crippen LogP contribution in [0.2, 0.25) is 0 Å². The molecule has 1 aromatic rings. The monoisotopic (exact) mass is 400 g/mol. The van der Waals surface area contributed by atoms with Crippen LogP contribution in [0.15, 0.2) is 30.3 Å². The quantitative estimate of drug-likeness (QED) is 0.791. The summed E-state index contributed by atoms with van der Waals surface area (Å²) >= 11 is 0. The lowest BCUT2D eigenvalue weighted by Crippen LogP contribution is -2.68. The van der Waals surface area contributed by atoms with Gasteiger partial charge in [-0.3, -0.25) is 9.59 Å². The van der Waals surface area contributed by atoms with Gasteiger partial charge in [-0.15, -0.1) is 0 Å². The predicted molar refractivity (Wildman–Crippen MR) is 109 cm³/mol. The number of benzene rings is 1. The third kappa shape index (κ3) is 4.48. The molecular formula is C23H32N2O4. The normalized spacial score (nSPS) is 27.1. The summed E-state index contributed by atoms with van der Waals surface area (Å²) in [5.74, 6) is 0.251. The minimum Gasteiger partial charge on any atom is -0.391 e. The van der Waals surface area contributed by atoms with Crippen LogP contribution in [0.3, 0.4) is 0 Å². The van der Waals surface area contributed by atoms with Gasteiger partial charge in [0.2, 0.25) is 11.8 Å². The lowest BCUT2D eigenvalue weighted by Gasteiger charge is -2.50. The highest BCUT2D eigenvalue weighted by Crippen LogP contribution is 2.37. The Balaban J connectivity index is 1.45. The fourth-order valence-corrected chi connectivity index (χ4v) is 4.96. The Morgan fingerprint density at radius 2 is 1.83 bits per heavy atom. The van der Waals surface area contributed by atoms with Crippen molar-refractivity contribution in [2.24, 2.45) is 11.3 Å². The van der Waals surface area contributed by atoms with Gasteiger partial charge in [0.15, 0.2) is 0 Å². The average molecular weight is 401 g/mol. The number of hydrogen-bond donors (Lipinski definition) is 2. The van der Waals surface area contributed by atoms with Gasteiger partial charge >= 0.3 is 0 Å². The van der Waals surface area contributed by atoms with E-state index in [2.05, 4.69) is 5.32 Å². The third-order valence-electron chi connectivity index (χ3n) is 6.76. The van der Waals surface area contributed by atoms with E-state index in [1.807, 2.05) is 35.2 Å². The van der Waals surface area contributed by atoms with Gasteiger partial charge in [0, 0.05) is 25.6 Å². The Hall–Kier alpha value is -1.92. The molecule has 6 nitrogen and oxygen atoms in total. The molecule has 0 bridgehead atoms. The number of hydrogen-bond acceptors (Lipinski definition) is 4. The van der Waals surface area contributed by atoms with Crippen LogP contribution in [-0.2, 0) is 20.7 Å². The molecule has 0 aromatic heterocycles. The van der Waals surface area contributed by atoms with Crippen molar-refractivity contribution in [3.63, 3.8) is 0 Å².